The summed E-state index contributed by atoms with van der Waals surface area (Å²) in [6, 6.07) is 12.6. The van der Waals surface area contributed by atoms with Crippen LogP contribution in [0.2, 0.25) is 0 Å². The minimum Gasteiger partial charge on any atom is -0.451 e. The molecule has 0 aliphatic heterocycles. The van der Waals surface area contributed by atoms with Gasteiger partial charge in [-0.05, 0) is 36.4 Å². The first-order valence-corrected chi connectivity index (χ1v) is 6.43. The van der Waals surface area contributed by atoms with E-state index in [4.69, 9.17) is 4.42 Å². The summed E-state index contributed by atoms with van der Waals surface area (Å²) >= 11 is 3.38. The molecule has 2 aromatic heterocycles. The number of furan rings is 1. The first-order valence-electron chi connectivity index (χ1n) is 5.64. The molecule has 1 amide bonds. The molecule has 0 aliphatic rings. The molecule has 1 N–H and O–H groups in total. The zero-order valence-corrected chi connectivity index (χ0v) is 11.3. The molecule has 3 aromatic rings. The third-order valence-electron chi connectivity index (χ3n) is 2.61. The van der Waals surface area contributed by atoms with Crippen molar-refractivity contribution in [3.05, 3.63) is 58.9 Å². The minimum absolute atomic E-state index is 0.263. The van der Waals surface area contributed by atoms with Crippen molar-refractivity contribution < 1.29 is 9.21 Å². The lowest BCUT2D eigenvalue weighted by molar-refractivity contribution is 0.0998. The molecule has 0 spiro atoms. The van der Waals surface area contributed by atoms with E-state index in [0.29, 0.717) is 11.4 Å². The van der Waals surface area contributed by atoms with Crippen molar-refractivity contribution in [3.8, 4) is 0 Å². The van der Waals surface area contributed by atoms with E-state index in [1.807, 2.05) is 18.2 Å². The second-order valence-corrected chi connectivity index (χ2v) is 4.88. The van der Waals surface area contributed by atoms with E-state index in [9.17, 15) is 4.79 Å². The van der Waals surface area contributed by atoms with Gasteiger partial charge < -0.3 is 9.73 Å². The van der Waals surface area contributed by atoms with Crippen LogP contribution in [0.15, 0.2) is 57.6 Å². The largest absolute Gasteiger partial charge is 0.451 e. The van der Waals surface area contributed by atoms with Crippen molar-refractivity contribution in [3.63, 3.8) is 0 Å². The third-order valence-corrected chi connectivity index (χ3v) is 3.10. The predicted octanol–water partition coefficient (Wildman–Crippen LogP) is 3.84. The Bertz CT molecular complexity index is 738. The molecule has 0 unspecified atom stereocenters. The maximum Gasteiger partial charge on any atom is 0.292 e. The number of nitrogens with one attached hydrogen (secondary N) is 1. The van der Waals surface area contributed by atoms with E-state index >= 15 is 0 Å². The Kier molecular flexibility index (Phi) is 3.05. The summed E-state index contributed by atoms with van der Waals surface area (Å²) in [6.07, 6.45) is 1.62. The molecular weight excluding hydrogens is 308 g/mol. The maximum absolute atomic E-state index is 12.0. The van der Waals surface area contributed by atoms with Crippen molar-refractivity contribution in [1.29, 1.82) is 0 Å². The number of anilines is 1. The van der Waals surface area contributed by atoms with Crippen LogP contribution in [-0.2, 0) is 0 Å². The number of rotatable bonds is 2. The first-order chi connectivity index (χ1) is 9.22. The molecule has 0 atom stereocenters. The van der Waals surface area contributed by atoms with E-state index in [1.165, 1.54) is 0 Å². The molecular formula is C14H9BrN2O2. The number of nitrogens with zero attached hydrogens (tertiary/aromatic N) is 1. The van der Waals surface area contributed by atoms with Gasteiger partial charge in [-0.2, -0.15) is 0 Å². The van der Waals surface area contributed by atoms with Crippen LogP contribution in [0.3, 0.4) is 0 Å². The van der Waals surface area contributed by atoms with Crippen molar-refractivity contribution in [2.45, 2.75) is 0 Å². The highest BCUT2D eigenvalue weighted by atomic mass is 79.9. The zero-order valence-electron chi connectivity index (χ0n) is 9.76. The Morgan fingerprint density at radius 1 is 1.21 bits per heavy atom. The molecule has 0 radical (unpaired) electrons. The number of aromatic nitrogens is 1. The number of benzene rings is 1. The van der Waals surface area contributed by atoms with Crippen LogP contribution in [0, 0.1) is 0 Å². The van der Waals surface area contributed by atoms with Gasteiger partial charge in [0, 0.05) is 16.1 Å². The second-order valence-electron chi connectivity index (χ2n) is 3.96. The predicted molar refractivity (Wildman–Crippen MR) is 76.1 cm³/mol. The summed E-state index contributed by atoms with van der Waals surface area (Å²) in [7, 11) is 0. The summed E-state index contributed by atoms with van der Waals surface area (Å²) < 4.78 is 6.44. The quantitative estimate of drug-likeness (QED) is 0.781. The van der Waals surface area contributed by atoms with Crippen LogP contribution in [0.4, 0.5) is 5.82 Å². The van der Waals surface area contributed by atoms with Crippen molar-refractivity contribution in [2.24, 2.45) is 0 Å². The third kappa shape index (κ3) is 2.51. The molecule has 4 nitrogen and oxygen atoms in total. The molecule has 0 aliphatic carbocycles. The van der Waals surface area contributed by atoms with Gasteiger partial charge in [0.15, 0.2) is 5.76 Å². The second kappa shape index (κ2) is 4.85. The van der Waals surface area contributed by atoms with Gasteiger partial charge in [-0.25, -0.2) is 4.98 Å². The van der Waals surface area contributed by atoms with Crippen LogP contribution in [0.5, 0.6) is 0 Å². The normalized spacial score (nSPS) is 10.6. The van der Waals surface area contributed by atoms with Crippen LogP contribution in [-0.4, -0.2) is 10.9 Å². The number of hydrogen-bond acceptors (Lipinski definition) is 3. The van der Waals surface area contributed by atoms with Crippen LogP contribution >= 0.6 is 15.9 Å². The standard InChI is InChI=1S/C14H9BrN2O2/c15-10-4-5-11-9(7-10)8-12(19-11)14(18)17-13-3-1-2-6-16-13/h1-8H,(H,16,17,18). The minimum atomic E-state index is -0.314. The number of pyridine rings is 1. The summed E-state index contributed by atoms with van der Waals surface area (Å²) in [5, 5.41) is 3.55. The maximum atomic E-state index is 12.0. The monoisotopic (exact) mass is 316 g/mol. The van der Waals surface area contributed by atoms with Gasteiger partial charge in [0.05, 0.1) is 0 Å². The number of carbonyl (C=O) groups excluding carboxylic acids is 1. The fourth-order valence-corrected chi connectivity index (χ4v) is 2.12. The topological polar surface area (TPSA) is 55.1 Å². The number of fused-ring (bicyclic) bond motifs is 1. The molecule has 0 saturated carbocycles. The highest BCUT2D eigenvalue weighted by Gasteiger charge is 2.12. The number of carbonyl (C=O) groups is 1. The smallest absolute Gasteiger partial charge is 0.292 e. The summed E-state index contributed by atoms with van der Waals surface area (Å²) in [5.41, 5.74) is 0.675. The summed E-state index contributed by atoms with van der Waals surface area (Å²) in [6.45, 7) is 0. The van der Waals surface area contributed by atoms with E-state index in [1.54, 1.807) is 30.5 Å². The van der Waals surface area contributed by atoms with Crippen molar-refractivity contribution >= 4 is 38.6 Å². The van der Waals surface area contributed by atoms with Gasteiger partial charge in [-0.3, -0.25) is 4.79 Å². The summed E-state index contributed by atoms with van der Waals surface area (Å²) in [4.78, 5) is 16.0. The lowest BCUT2D eigenvalue weighted by Crippen LogP contribution is -2.11. The lowest BCUT2D eigenvalue weighted by Gasteiger charge is -2.00. The highest BCUT2D eigenvalue weighted by molar-refractivity contribution is 9.10. The van der Waals surface area contributed by atoms with Gasteiger partial charge in [-0.1, -0.05) is 22.0 Å². The van der Waals surface area contributed by atoms with Gasteiger partial charge in [0.25, 0.3) is 5.91 Å². The van der Waals surface area contributed by atoms with Crippen LogP contribution < -0.4 is 5.32 Å². The van der Waals surface area contributed by atoms with Crippen LogP contribution in [0.25, 0.3) is 11.0 Å². The van der Waals surface area contributed by atoms with Gasteiger partial charge >= 0.3 is 0 Å². The highest BCUT2D eigenvalue weighted by Crippen LogP contribution is 2.23. The van der Waals surface area contributed by atoms with E-state index in [0.717, 1.165) is 9.86 Å². The molecule has 94 valence electrons. The van der Waals surface area contributed by atoms with E-state index < -0.39 is 0 Å². The van der Waals surface area contributed by atoms with E-state index in [-0.39, 0.29) is 11.7 Å². The first kappa shape index (κ1) is 11.9. The fourth-order valence-electron chi connectivity index (χ4n) is 1.74. The molecule has 0 bridgehead atoms. The van der Waals surface area contributed by atoms with Crippen LogP contribution in [0.1, 0.15) is 10.6 Å². The average Bonchev–Trinajstić information content (AvgIpc) is 2.83. The average molecular weight is 317 g/mol. The Balaban J connectivity index is 1.89. The molecule has 2 heterocycles. The van der Waals surface area contributed by atoms with Gasteiger partial charge in [0.2, 0.25) is 0 Å². The number of halogens is 1. The fraction of sp³-hybridized carbons (Fsp3) is 0. The van der Waals surface area contributed by atoms with Crippen molar-refractivity contribution in [1.82, 2.24) is 4.98 Å². The molecule has 19 heavy (non-hydrogen) atoms. The van der Waals surface area contributed by atoms with E-state index in [2.05, 4.69) is 26.2 Å². The molecule has 5 heteroatoms. The number of amides is 1. The Hall–Kier alpha value is -2.14. The Morgan fingerprint density at radius 3 is 2.89 bits per heavy atom. The lowest BCUT2D eigenvalue weighted by atomic mass is 10.2. The zero-order chi connectivity index (χ0) is 13.2. The van der Waals surface area contributed by atoms with Gasteiger partial charge in [-0.15, -0.1) is 0 Å². The number of hydrogen-bond donors (Lipinski definition) is 1. The Morgan fingerprint density at radius 2 is 2.11 bits per heavy atom. The molecule has 0 saturated heterocycles. The molecule has 3 rings (SSSR count). The van der Waals surface area contributed by atoms with Crippen molar-refractivity contribution in [2.75, 3.05) is 5.32 Å². The van der Waals surface area contributed by atoms with Gasteiger partial charge in [0.1, 0.15) is 11.4 Å². The SMILES string of the molecule is O=C(Nc1ccccn1)c1cc2cc(Br)ccc2o1. The molecule has 1 aromatic carbocycles. The summed E-state index contributed by atoms with van der Waals surface area (Å²) in [5.74, 6) is 0.443. The molecule has 0 fully saturated rings. The Labute approximate surface area is 117 Å².